The van der Waals surface area contributed by atoms with Crippen LogP contribution in [-0.4, -0.2) is 13.7 Å². The van der Waals surface area contributed by atoms with E-state index in [-0.39, 0.29) is 11.5 Å². The molecular weight excluding hydrogens is 200 g/mol. The van der Waals surface area contributed by atoms with E-state index in [2.05, 4.69) is 6.07 Å². The van der Waals surface area contributed by atoms with Crippen molar-refractivity contribution >= 4 is 0 Å². The number of hydrogen-bond donors (Lipinski definition) is 2. The third-order valence-corrected chi connectivity index (χ3v) is 3.87. The number of nitrogens with two attached hydrogens (primary N) is 2. The largest absolute Gasteiger partial charge is 0.497 e. The van der Waals surface area contributed by atoms with Gasteiger partial charge in [0, 0.05) is 11.5 Å². The molecule has 1 aliphatic carbocycles. The molecular formula is C13H20N2O. The van der Waals surface area contributed by atoms with E-state index in [4.69, 9.17) is 16.2 Å². The van der Waals surface area contributed by atoms with Gasteiger partial charge in [-0.1, -0.05) is 18.6 Å². The van der Waals surface area contributed by atoms with Crippen molar-refractivity contribution in [3.8, 4) is 5.75 Å². The Labute approximate surface area is 96.8 Å². The molecule has 1 aromatic rings. The number of hydrogen-bond acceptors (Lipinski definition) is 3. The highest BCUT2D eigenvalue weighted by Crippen LogP contribution is 2.48. The summed E-state index contributed by atoms with van der Waals surface area (Å²) in [5.74, 6) is 0.861. The molecule has 0 bridgehead atoms. The number of benzene rings is 1. The lowest BCUT2D eigenvalue weighted by Crippen LogP contribution is -2.46. The van der Waals surface area contributed by atoms with Crippen LogP contribution in [0, 0.1) is 5.41 Å². The topological polar surface area (TPSA) is 61.3 Å². The van der Waals surface area contributed by atoms with Gasteiger partial charge in [0.05, 0.1) is 7.11 Å². The summed E-state index contributed by atoms with van der Waals surface area (Å²) in [6.45, 7) is 0.672. The van der Waals surface area contributed by atoms with Crippen LogP contribution in [0.1, 0.15) is 30.9 Å². The van der Waals surface area contributed by atoms with Crippen LogP contribution < -0.4 is 16.2 Å². The molecule has 1 saturated carbocycles. The van der Waals surface area contributed by atoms with E-state index in [0.717, 1.165) is 24.2 Å². The van der Waals surface area contributed by atoms with Crippen LogP contribution in [0.15, 0.2) is 24.3 Å². The van der Waals surface area contributed by atoms with Gasteiger partial charge in [-0.15, -0.1) is 0 Å². The minimum Gasteiger partial charge on any atom is -0.497 e. The van der Waals surface area contributed by atoms with E-state index in [9.17, 15) is 0 Å². The van der Waals surface area contributed by atoms with Crippen LogP contribution >= 0.6 is 0 Å². The molecule has 1 atom stereocenters. The fraction of sp³-hybridized carbons (Fsp3) is 0.538. The molecule has 1 aliphatic rings. The molecule has 1 unspecified atom stereocenters. The first-order valence-electron chi connectivity index (χ1n) is 5.81. The highest BCUT2D eigenvalue weighted by atomic mass is 16.5. The predicted octanol–water partition coefficient (Wildman–Crippen LogP) is 1.82. The van der Waals surface area contributed by atoms with E-state index >= 15 is 0 Å². The zero-order valence-corrected chi connectivity index (χ0v) is 9.78. The van der Waals surface area contributed by atoms with Crippen molar-refractivity contribution in [3.05, 3.63) is 29.8 Å². The van der Waals surface area contributed by atoms with Gasteiger partial charge in [-0.25, -0.2) is 0 Å². The molecule has 0 aliphatic heterocycles. The SMILES string of the molecule is COc1cccc(C(N)C2(CN)CCC2)c1. The van der Waals surface area contributed by atoms with Gasteiger partial charge in [0.1, 0.15) is 5.75 Å². The summed E-state index contributed by atoms with van der Waals surface area (Å²) in [6.07, 6.45) is 3.53. The van der Waals surface area contributed by atoms with Gasteiger partial charge in [-0.05, 0) is 37.1 Å². The third kappa shape index (κ3) is 1.81. The summed E-state index contributed by atoms with van der Waals surface area (Å²) in [4.78, 5) is 0. The molecule has 3 heteroatoms. The van der Waals surface area contributed by atoms with Gasteiger partial charge < -0.3 is 16.2 Å². The molecule has 1 aromatic carbocycles. The molecule has 4 N–H and O–H groups in total. The van der Waals surface area contributed by atoms with Crippen LogP contribution in [0.2, 0.25) is 0 Å². The first kappa shape index (κ1) is 11.4. The van der Waals surface area contributed by atoms with E-state index in [1.807, 2.05) is 18.2 Å². The second kappa shape index (κ2) is 4.44. The van der Waals surface area contributed by atoms with Crippen LogP contribution in [-0.2, 0) is 0 Å². The van der Waals surface area contributed by atoms with E-state index < -0.39 is 0 Å². The summed E-state index contributed by atoms with van der Waals surface area (Å²) < 4.78 is 5.22. The summed E-state index contributed by atoms with van der Waals surface area (Å²) in [5, 5.41) is 0. The van der Waals surface area contributed by atoms with E-state index in [1.54, 1.807) is 7.11 Å². The minimum atomic E-state index is 0.0290. The lowest BCUT2D eigenvalue weighted by Gasteiger charge is -2.45. The fourth-order valence-electron chi connectivity index (χ4n) is 2.46. The molecule has 2 rings (SSSR count). The predicted molar refractivity (Wildman–Crippen MR) is 65.3 cm³/mol. The van der Waals surface area contributed by atoms with Gasteiger partial charge >= 0.3 is 0 Å². The maximum atomic E-state index is 6.33. The lowest BCUT2D eigenvalue weighted by molar-refractivity contribution is 0.104. The minimum absolute atomic E-state index is 0.0290. The van der Waals surface area contributed by atoms with Crippen molar-refractivity contribution < 1.29 is 4.74 Å². The molecule has 88 valence electrons. The van der Waals surface area contributed by atoms with Crippen molar-refractivity contribution in [2.75, 3.05) is 13.7 Å². The van der Waals surface area contributed by atoms with Gasteiger partial charge in [-0.3, -0.25) is 0 Å². The average molecular weight is 220 g/mol. The number of ether oxygens (including phenoxy) is 1. The normalized spacial score (nSPS) is 19.9. The van der Waals surface area contributed by atoms with E-state index in [1.165, 1.54) is 6.42 Å². The molecule has 0 amide bonds. The Morgan fingerprint density at radius 1 is 1.44 bits per heavy atom. The Bertz CT molecular complexity index is 355. The van der Waals surface area contributed by atoms with Gasteiger partial charge in [0.25, 0.3) is 0 Å². The van der Waals surface area contributed by atoms with Crippen molar-refractivity contribution in [1.29, 1.82) is 0 Å². The van der Waals surface area contributed by atoms with E-state index in [0.29, 0.717) is 6.54 Å². The summed E-state index contributed by atoms with van der Waals surface area (Å²) in [7, 11) is 1.67. The highest BCUT2D eigenvalue weighted by Gasteiger charge is 2.41. The Hall–Kier alpha value is -1.06. The van der Waals surface area contributed by atoms with Crippen LogP contribution in [0.5, 0.6) is 5.75 Å². The second-order valence-corrected chi connectivity index (χ2v) is 4.67. The molecule has 0 spiro atoms. The molecule has 0 heterocycles. The first-order chi connectivity index (χ1) is 7.72. The smallest absolute Gasteiger partial charge is 0.119 e. The van der Waals surface area contributed by atoms with Gasteiger partial charge in [-0.2, -0.15) is 0 Å². The highest BCUT2D eigenvalue weighted by molar-refractivity contribution is 5.32. The Morgan fingerprint density at radius 3 is 2.69 bits per heavy atom. The Morgan fingerprint density at radius 2 is 2.19 bits per heavy atom. The van der Waals surface area contributed by atoms with Crippen molar-refractivity contribution in [1.82, 2.24) is 0 Å². The monoisotopic (exact) mass is 220 g/mol. The maximum absolute atomic E-state index is 6.33. The quantitative estimate of drug-likeness (QED) is 0.813. The zero-order valence-electron chi connectivity index (χ0n) is 9.78. The number of rotatable bonds is 4. The lowest BCUT2D eigenvalue weighted by atomic mass is 9.63. The van der Waals surface area contributed by atoms with Crippen LogP contribution in [0.3, 0.4) is 0 Å². The molecule has 0 saturated heterocycles. The first-order valence-corrected chi connectivity index (χ1v) is 5.81. The Balaban J connectivity index is 2.22. The maximum Gasteiger partial charge on any atom is 0.119 e. The average Bonchev–Trinajstić information content (AvgIpc) is 2.28. The van der Waals surface area contributed by atoms with Gasteiger partial charge in [0.15, 0.2) is 0 Å². The summed E-state index contributed by atoms with van der Waals surface area (Å²) >= 11 is 0. The molecule has 16 heavy (non-hydrogen) atoms. The van der Waals surface area contributed by atoms with Crippen LogP contribution in [0.4, 0.5) is 0 Å². The summed E-state index contributed by atoms with van der Waals surface area (Å²) in [5.41, 5.74) is 13.4. The van der Waals surface area contributed by atoms with Crippen molar-refractivity contribution in [3.63, 3.8) is 0 Å². The molecule has 0 aromatic heterocycles. The standard InChI is InChI=1S/C13H20N2O/c1-16-11-5-2-4-10(8-11)12(15)13(9-14)6-3-7-13/h2,4-5,8,12H,3,6-7,9,14-15H2,1H3. The van der Waals surface area contributed by atoms with Crippen LogP contribution in [0.25, 0.3) is 0 Å². The molecule has 3 nitrogen and oxygen atoms in total. The second-order valence-electron chi connectivity index (χ2n) is 4.67. The fourth-order valence-corrected chi connectivity index (χ4v) is 2.46. The summed E-state index contributed by atoms with van der Waals surface area (Å²) in [6, 6.07) is 8.02. The van der Waals surface area contributed by atoms with Crippen molar-refractivity contribution in [2.45, 2.75) is 25.3 Å². The Kier molecular flexibility index (Phi) is 3.17. The number of methoxy groups -OCH3 is 1. The molecule has 0 radical (unpaired) electrons. The van der Waals surface area contributed by atoms with Gasteiger partial charge in [0.2, 0.25) is 0 Å². The third-order valence-electron chi connectivity index (χ3n) is 3.87. The zero-order chi connectivity index (χ0) is 11.6. The molecule has 1 fully saturated rings. The van der Waals surface area contributed by atoms with Crippen molar-refractivity contribution in [2.24, 2.45) is 16.9 Å².